The molecule has 0 heterocycles. The first kappa shape index (κ1) is 51.9. The first-order valence-corrected chi connectivity index (χ1v) is 15.4. The van der Waals surface area contributed by atoms with Gasteiger partial charge in [-0.15, -0.1) is 0 Å². The Balaban J connectivity index is -0.000000881. The minimum Gasteiger partial charge on any atom is -0.481 e. The molecule has 21 heteroatoms. The first-order valence-electron chi connectivity index (χ1n) is 15.4. The van der Waals surface area contributed by atoms with Gasteiger partial charge in [-0.2, -0.15) is 0 Å². The van der Waals surface area contributed by atoms with Crippen LogP contribution >= 0.6 is 0 Å². The molecule has 0 spiro atoms. The lowest BCUT2D eigenvalue weighted by atomic mass is 10.3. The van der Waals surface area contributed by atoms with E-state index in [1.54, 1.807) is 0 Å². The Morgan fingerprint density at radius 3 is 0.865 bits per heavy atom. The van der Waals surface area contributed by atoms with Crippen molar-refractivity contribution in [2.75, 3.05) is 35.5 Å². The van der Waals surface area contributed by atoms with Crippen LogP contribution in [0.1, 0.15) is 67.2 Å². The molecule has 0 aliphatic heterocycles. The van der Waals surface area contributed by atoms with E-state index in [2.05, 4.69) is 0 Å². The average Bonchev–Trinajstić information content (AvgIpc) is 3.08. The van der Waals surface area contributed by atoms with E-state index >= 15 is 0 Å². The number of aliphatic hydroxyl groups excluding tert-OH is 1. The highest BCUT2D eigenvalue weighted by Gasteiger charge is 2.30. The molecule has 52 heavy (non-hydrogen) atoms. The number of hydrogen-bond acceptors (Lipinski definition) is 19. The van der Waals surface area contributed by atoms with Crippen LogP contribution in [0.15, 0.2) is 0 Å². The van der Waals surface area contributed by atoms with Gasteiger partial charge < -0.3 is 62.7 Å². The number of aliphatic hydroxyl groups is 1. The number of hydrogen-bond donors (Lipinski definition) is 3. The van der Waals surface area contributed by atoms with Crippen LogP contribution in [-0.4, -0.2) is 148 Å². The molecule has 0 aromatic rings. The van der Waals surface area contributed by atoms with Gasteiger partial charge in [0.15, 0.2) is 37.0 Å². The number of ether oxygens (including phenoxy) is 10. The third kappa shape index (κ3) is 23.9. The predicted molar refractivity (Wildman–Crippen MR) is 171 cm³/mol. The largest absolute Gasteiger partial charge is 0.481 e. The van der Waals surface area contributed by atoms with Crippen molar-refractivity contribution in [1.82, 2.24) is 0 Å². The van der Waals surface area contributed by atoms with Gasteiger partial charge >= 0.3 is 47.8 Å². The third-order valence-electron chi connectivity index (χ3n) is 5.92. The molecule has 6 atom stereocenters. The maximum Gasteiger partial charge on any atom is 0.347 e. The minimum absolute atomic E-state index is 0.377. The zero-order valence-electron chi connectivity index (χ0n) is 31.1. The van der Waals surface area contributed by atoms with Gasteiger partial charge in [-0.25, -0.2) is 19.2 Å². The summed E-state index contributed by atoms with van der Waals surface area (Å²) in [7, 11) is 6.51. The fraction of sp³-hybridized carbons (Fsp3) is 0.742. The van der Waals surface area contributed by atoms with Crippen LogP contribution < -0.4 is 0 Å². The zero-order chi connectivity index (χ0) is 41.1. The smallest absolute Gasteiger partial charge is 0.347 e. The van der Waals surface area contributed by atoms with E-state index in [4.69, 9.17) is 62.7 Å². The monoisotopic (exact) mass is 760 g/mol. The quantitative estimate of drug-likeness (QED) is 0.0751. The van der Waals surface area contributed by atoms with E-state index in [0.717, 1.165) is 7.11 Å². The van der Waals surface area contributed by atoms with Crippen molar-refractivity contribution in [3.8, 4) is 0 Å². The molecule has 0 aromatic carbocycles. The average molecular weight is 761 g/mol. The number of carboxylic acids is 2. The molecule has 0 saturated carbocycles. The molecule has 0 amide bonds. The Morgan fingerprint density at radius 2 is 0.635 bits per heavy atom. The summed E-state index contributed by atoms with van der Waals surface area (Å²) in [6.07, 6.45) is -9.70. The molecule has 0 aliphatic rings. The second-order valence-corrected chi connectivity index (χ2v) is 10.2. The number of esters is 6. The van der Waals surface area contributed by atoms with Crippen LogP contribution in [0.25, 0.3) is 0 Å². The summed E-state index contributed by atoms with van der Waals surface area (Å²) in [6.45, 7) is 8.15. The molecule has 6 unspecified atom stereocenters. The molecule has 0 saturated heterocycles. The summed E-state index contributed by atoms with van der Waals surface area (Å²) >= 11 is 0. The Kier molecular flexibility index (Phi) is 29.1. The maximum absolute atomic E-state index is 11.9. The van der Waals surface area contributed by atoms with Gasteiger partial charge in [0, 0.05) is 35.5 Å². The van der Waals surface area contributed by atoms with Gasteiger partial charge in [-0.3, -0.25) is 19.2 Å². The van der Waals surface area contributed by atoms with Crippen LogP contribution in [0.3, 0.4) is 0 Å². The van der Waals surface area contributed by atoms with Crippen molar-refractivity contribution < 1.29 is 101 Å². The molecule has 0 bridgehead atoms. The SMILES string of the molecule is CO.COC(OC)C(C)OC(=O)C(C)OC(=O)C(C)OC(=O)CCC(=O)O.COC(OC)C(C)OC(=O)C(C)OC(=O)C(C)OC(=O)CCC(=O)O. The number of carboxylic acid groups (broad SMARTS) is 2. The van der Waals surface area contributed by atoms with E-state index < -0.39 is 110 Å². The normalized spacial score (nSPS) is 13.9. The summed E-state index contributed by atoms with van der Waals surface area (Å²) in [6, 6.07) is 0. The summed E-state index contributed by atoms with van der Waals surface area (Å²) in [4.78, 5) is 90.7. The Hall–Kier alpha value is -4.44. The van der Waals surface area contributed by atoms with Gasteiger partial charge in [0.05, 0.1) is 25.7 Å². The molecule has 0 aliphatic carbocycles. The summed E-state index contributed by atoms with van der Waals surface area (Å²) in [5.41, 5.74) is 0. The van der Waals surface area contributed by atoms with Crippen LogP contribution in [-0.2, 0) is 85.7 Å². The Morgan fingerprint density at radius 1 is 0.404 bits per heavy atom. The molecular weight excluding hydrogens is 708 g/mol. The summed E-state index contributed by atoms with van der Waals surface area (Å²) < 4.78 is 49.0. The third-order valence-corrected chi connectivity index (χ3v) is 5.92. The molecule has 0 radical (unpaired) electrons. The molecule has 0 rings (SSSR count). The van der Waals surface area contributed by atoms with Crippen molar-refractivity contribution in [3.05, 3.63) is 0 Å². The molecule has 21 nitrogen and oxygen atoms in total. The second-order valence-electron chi connectivity index (χ2n) is 10.2. The molecule has 302 valence electrons. The summed E-state index contributed by atoms with van der Waals surface area (Å²) in [5, 5.41) is 23.9. The Labute approximate surface area is 301 Å². The van der Waals surface area contributed by atoms with E-state index in [1.807, 2.05) is 0 Å². The van der Waals surface area contributed by atoms with Crippen molar-refractivity contribution in [1.29, 1.82) is 0 Å². The predicted octanol–water partition coefficient (Wildman–Crippen LogP) is 0.139. The standard InChI is InChI=1S/2C15H24O10.CH4O/c2*1-8(23-12(18)7-6-11(16)17)13(19)24-9(2)14(20)25-10(3)15(21-4)22-5;1-2/h2*8-10,15H,6-7H2,1-5H3,(H,16,17);2H,1H3. The highest BCUT2D eigenvalue weighted by Crippen LogP contribution is 2.10. The van der Waals surface area contributed by atoms with E-state index in [1.165, 1.54) is 70.0 Å². The van der Waals surface area contributed by atoms with Gasteiger partial charge in [0.2, 0.25) is 0 Å². The van der Waals surface area contributed by atoms with Gasteiger partial charge in [-0.1, -0.05) is 0 Å². The molecule has 0 aromatic heterocycles. The minimum atomic E-state index is -1.29. The molecular formula is C31H52O21. The van der Waals surface area contributed by atoms with Crippen LogP contribution in [0.5, 0.6) is 0 Å². The van der Waals surface area contributed by atoms with Gasteiger partial charge in [0.25, 0.3) is 0 Å². The highest BCUT2D eigenvalue weighted by molar-refractivity contribution is 5.84. The van der Waals surface area contributed by atoms with Crippen molar-refractivity contribution in [2.45, 2.75) is 116 Å². The summed E-state index contributed by atoms with van der Waals surface area (Å²) in [5.74, 6) is -7.64. The fourth-order valence-electron chi connectivity index (χ4n) is 3.29. The van der Waals surface area contributed by atoms with Crippen molar-refractivity contribution >= 4 is 47.8 Å². The number of rotatable bonds is 22. The maximum atomic E-state index is 11.9. The lowest BCUT2D eigenvalue weighted by Crippen LogP contribution is -2.37. The number of methoxy groups -OCH3 is 4. The lowest BCUT2D eigenvalue weighted by molar-refractivity contribution is -0.198. The topological polar surface area (TPSA) is 290 Å². The highest BCUT2D eigenvalue weighted by atomic mass is 16.7. The van der Waals surface area contributed by atoms with Crippen molar-refractivity contribution in [3.63, 3.8) is 0 Å². The zero-order valence-corrected chi connectivity index (χ0v) is 31.1. The number of carbonyl (C=O) groups excluding carboxylic acids is 6. The number of carbonyl (C=O) groups is 8. The Bertz CT molecular complexity index is 1030. The van der Waals surface area contributed by atoms with Gasteiger partial charge in [0.1, 0.15) is 12.2 Å². The molecule has 3 N–H and O–H groups in total. The lowest BCUT2D eigenvalue weighted by Gasteiger charge is -2.23. The molecule has 0 fully saturated rings. The van der Waals surface area contributed by atoms with Gasteiger partial charge in [-0.05, 0) is 41.5 Å². The van der Waals surface area contributed by atoms with Crippen molar-refractivity contribution in [2.24, 2.45) is 0 Å². The van der Waals surface area contributed by atoms with Crippen LogP contribution in [0.4, 0.5) is 0 Å². The number of aliphatic carboxylic acids is 2. The van der Waals surface area contributed by atoms with Crippen LogP contribution in [0, 0.1) is 0 Å². The van der Waals surface area contributed by atoms with E-state index in [-0.39, 0.29) is 12.8 Å². The first-order chi connectivity index (χ1) is 24.2. The van der Waals surface area contributed by atoms with Crippen LogP contribution in [0.2, 0.25) is 0 Å². The second kappa shape index (κ2) is 29.2. The van der Waals surface area contributed by atoms with E-state index in [9.17, 15) is 38.4 Å². The van der Waals surface area contributed by atoms with E-state index in [0.29, 0.717) is 0 Å². The fourth-order valence-corrected chi connectivity index (χ4v) is 3.29.